The topological polar surface area (TPSA) is 72.3 Å². The minimum absolute atomic E-state index is 0.0433. The fraction of sp³-hybridized carbons (Fsp3) is 0.0833. The first-order valence-electron chi connectivity index (χ1n) is 4.90. The van der Waals surface area contributed by atoms with Crippen LogP contribution in [0.2, 0.25) is 0 Å². The highest BCUT2D eigenvalue weighted by Gasteiger charge is 2.13. The molecular weight excluding hydrogens is 220 g/mol. The SMILES string of the molecule is COc1ncc(-c2ccncc2)cc1C(=O)O. The number of hydrogen-bond acceptors (Lipinski definition) is 4. The Morgan fingerprint density at radius 2 is 2.00 bits per heavy atom. The number of methoxy groups -OCH3 is 1. The molecule has 0 aromatic carbocycles. The van der Waals surface area contributed by atoms with E-state index in [1.807, 2.05) is 0 Å². The van der Waals surface area contributed by atoms with E-state index in [0.29, 0.717) is 5.56 Å². The predicted octanol–water partition coefficient (Wildman–Crippen LogP) is 1.85. The smallest absolute Gasteiger partial charge is 0.341 e. The zero-order valence-electron chi connectivity index (χ0n) is 9.12. The molecule has 0 amide bonds. The van der Waals surface area contributed by atoms with E-state index < -0.39 is 5.97 Å². The third-order valence-corrected chi connectivity index (χ3v) is 2.29. The summed E-state index contributed by atoms with van der Waals surface area (Å²) in [5.41, 5.74) is 1.62. The summed E-state index contributed by atoms with van der Waals surface area (Å²) in [6.07, 6.45) is 4.85. The van der Waals surface area contributed by atoms with Gasteiger partial charge in [0, 0.05) is 24.2 Å². The Hall–Kier alpha value is -2.43. The molecule has 0 aliphatic heterocycles. The van der Waals surface area contributed by atoms with Gasteiger partial charge in [-0.25, -0.2) is 9.78 Å². The second kappa shape index (κ2) is 4.61. The molecule has 2 rings (SSSR count). The number of rotatable bonds is 3. The number of carbonyl (C=O) groups is 1. The highest BCUT2D eigenvalue weighted by atomic mass is 16.5. The van der Waals surface area contributed by atoms with Crippen molar-refractivity contribution in [2.24, 2.45) is 0 Å². The van der Waals surface area contributed by atoms with Crippen molar-refractivity contribution in [1.82, 2.24) is 9.97 Å². The molecule has 86 valence electrons. The molecular formula is C12H10N2O3. The zero-order valence-corrected chi connectivity index (χ0v) is 9.12. The van der Waals surface area contributed by atoms with Crippen molar-refractivity contribution in [1.29, 1.82) is 0 Å². The lowest BCUT2D eigenvalue weighted by Gasteiger charge is -2.06. The van der Waals surface area contributed by atoms with E-state index >= 15 is 0 Å². The number of pyridine rings is 2. The standard InChI is InChI=1S/C12H10N2O3/c1-17-11-10(12(15)16)6-9(7-14-11)8-2-4-13-5-3-8/h2-7H,1H3,(H,15,16). The van der Waals surface area contributed by atoms with Crippen molar-refractivity contribution < 1.29 is 14.6 Å². The largest absolute Gasteiger partial charge is 0.480 e. The molecule has 5 nitrogen and oxygen atoms in total. The maximum absolute atomic E-state index is 11.0. The van der Waals surface area contributed by atoms with Gasteiger partial charge >= 0.3 is 5.97 Å². The van der Waals surface area contributed by atoms with Gasteiger partial charge in [-0.05, 0) is 23.8 Å². The lowest BCUT2D eigenvalue weighted by Crippen LogP contribution is -2.02. The summed E-state index contributed by atoms with van der Waals surface area (Å²) in [5.74, 6) is -0.958. The first-order valence-corrected chi connectivity index (χ1v) is 4.90. The molecule has 1 N–H and O–H groups in total. The van der Waals surface area contributed by atoms with Gasteiger partial charge in [-0.15, -0.1) is 0 Å². The lowest BCUT2D eigenvalue weighted by atomic mass is 10.1. The summed E-state index contributed by atoms with van der Waals surface area (Å²) >= 11 is 0. The minimum Gasteiger partial charge on any atom is -0.480 e. The Balaban J connectivity index is 2.51. The Morgan fingerprint density at radius 1 is 1.29 bits per heavy atom. The van der Waals surface area contributed by atoms with Gasteiger partial charge in [0.1, 0.15) is 5.56 Å². The number of aromatic nitrogens is 2. The molecule has 0 atom stereocenters. The van der Waals surface area contributed by atoms with Crippen LogP contribution in [-0.4, -0.2) is 28.2 Å². The first-order chi connectivity index (χ1) is 8.22. The number of carboxylic acids is 1. The van der Waals surface area contributed by atoms with Crippen LogP contribution in [0.15, 0.2) is 36.8 Å². The van der Waals surface area contributed by atoms with E-state index in [-0.39, 0.29) is 11.4 Å². The van der Waals surface area contributed by atoms with Gasteiger partial charge in [0.2, 0.25) is 5.88 Å². The van der Waals surface area contributed by atoms with Gasteiger partial charge in [0.25, 0.3) is 0 Å². The number of aromatic carboxylic acids is 1. The van der Waals surface area contributed by atoms with Crippen LogP contribution in [-0.2, 0) is 0 Å². The summed E-state index contributed by atoms with van der Waals surface area (Å²) in [5, 5.41) is 9.04. The van der Waals surface area contributed by atoms with E-state index in [2.05, 4.69) is 9.97 Å². The fourth-order valence-corrected chi connectivity index (χ4v) is 1.47. The van der Waals surface area contributed by atoms with Crippen molar-refractivity contribution in [3.8, 4) is 17.0 Å². The summed E-state index contributed by atoms with van der Waals surface area (Å²) in [7, 11) is 1.39. The molecule has 0 radical (unpaired) electrons. The Labute approximate surface area is 97.7 Å². The number of hydrogen-bond donors (Lipinski definition) is 1. The van der Waals surface area contributed by atoms with E-state index in [9.17, 15) is 4.79 Å². The monoisotopic (exact) mass is 230 g/mol. The average molecular weight is 230 g/mol. The molecule has 0 spiro atoms. The van der Waals surface area contributed by atoms with E-state index in [0.717, 1.165) is 5.56 Å². The highest BCUT2D eigenvalue weighted by molar-refractivity contribution is 5.91. The highest BCUT2D eigenvalue weighted by Crippen LogP contribution is 2.23. The number of nitrogens with zero attached hydrogens (tertiary/aromatic N) is 2. The molecule has 0 saturated heterocycles. The first kappa shape index (κ1) is 11.1. The van der Waals surface area contributed by atoms with Gasteiger partial charge in [-0.3, -0.25) is 4.98 Å². The normalized spacial score (nSPS) is 9.94. The summed E-state index contributed by atoms with van der Waals surface area (Å²) in [6.45, 7) is 0. The van der Waals surface area contributed by atoms with E-state index in [1.54, 1.807) is 30.7 Å². The average Bonchev–Trinajstić information content (AvgIpc) is 2.39. The fourth-order valence-electron chi connectivity index (χ4n) is 1.47. The maximum atomic E-state index is 11.0. The number of ether oxygens (including phenoxy) is 1. The second-order valence-electron chi connectivity index (χ2n) is 3.32. The summed E-state index contributed by atoms with van der Waals surface area (Å²) < 4.78 is 4.89. The van der Waals surface area contributed by atoms with E-state index in [4.69, 9.17) is 9.84 Å². The van der Waals surface area contributed by atoms with Crippen LogP contribution in [0.5, 0.6) is 5.88 Å². The molecule has 0 saturated carbocycles. The molecule has 2 heterocycles. The predicted molar refractivity (Wildman–Crippen MR) is 61.0 cm³/mol. The van der Waals surface area contributed by atoms with Gasteiger partial charge in [0.05, 0.1) is 7.11 Å². The van der Waals surface area contributed by atoms with Crippen molar-refractivity contribution in [2.45, 2.75) is 0 Å². The molecule has 2 aromatic heterocycles. The van der Waals surface area contributed by atoms with E-state index in [1.165, 1.54) is 13.2 Å². The van der Waals surface area contributed by atoms with Crippen LogP contribution in [0.4, 0.5) is 0 Å². The Morgan fingerprint density at radius 3 is 2.59 bits per heavy atom. The summed E-state index contributed by atoms with van der Waals surface area (Å²) in [6, 6.07) is 5.10. The number of carboxylic acid groups (broad SMARTS) is 1. The third-order valence-electron chi connectivity index (χ3n) is 2.29. The van der Waals surface area contributed by atoms with Crippen LogP contribution in [0.25, 0.3) is 11.1 Å². The Bertz CT molecular complexity index is 541. The molecule has 0 bridgehead atoms. The summed E-state index contributed by atoms with van der Waals surface area (Å²) in [4.78, 5) is 18.9. The van der Waals surface area contributed by atoms with Crippen LogP contribution < -0.4 is 4.74 Å². The molecule has 5 heteroatoms. The van der Waals surface area contributed by atoms with Gasteiger partial charge < -0.3 is 9.84 Å². The molecule has 17 heavy (non-hydrogen) atoms. The molecule has 0 aliphatic rings. The Kier molecular flexibility index (Phi) is 3.00. The maximum Gasteiger partial charge on any atom is 0.341 e. The van der Waals surface area contributed by atoms with Crippen molar-refractivity contribution in [2.75, 3.05) is 7.11 Å². The second-order valence-corrected chi connectivity index (χ2v) is 3.32. The molecule has 2 aromatic rings. The minimum atomic E-state index is -1.06. The van der Waals surface area contributed by atoms with Gasteiger partial charge in [-0.2, -0.15) is 0 Å². The van der Waals surface area contributed by atoms with Crippen LogP contribution in [0.3, 0.4) is 0 Å². The van der Waals surface area contributed by atoms with Gasteiger partial charge in [0.15, 0.2) is 0 Å². The third kappa shape index (κ3) is 2.23. The van der Waals surface area contributed by atoms with Crippen molar-refractivity contribution in [3.63, 3.8) is 0 Å². The van der Waals surface area contributed by atoms with Crippen LogP contribution >= 0.6 is 0 Å². The van der Waals surface area contributed by atoms with Gasteiger partial charge in [-0.1, -0.05) is 0 Å². The molecule has 0 aliphatic carbocycles. The molecule has 0 unspecified atom stereocenters. The lowest BCUT2D eigenvalue weighted by molar-refractivity contribution is 0.0692. The van der Waals surface area contributed by atoms with Crippen LogP contribution in [0, 0.1) is 0 Å². The van der Waals surface area contributed by atoms with Crippen molar-refractivity contribution in [3.05, 3.63) is 42.4 Å². The van der Waals surface area contributed by atoms with Crippen LogP contribution in [0.1, 0.15) is 10.4 Å². The molecule has 0 fully saturated rings. The quantitative estimate of drug-likeness (QED) is 0.871. The zero-order chi connectivity index (χ0) is 12.3. The van der Waals surface area contributed by atoms with Crippen molar-refractivity contribution >= 4 is 5.97 Å².